The fraction of sp³-hybridized carbons (Fsp3) is 0.190. The summed E-state index contributed by atoms with van der Waals surface area (Å²) in [6.07, 6.45) is 0. The van der Waals surface area contributed by atoms with E-state index in [1.165, 1.54) is 0 Å². The van der Waals surface area contributed by atoms with Gasteiger partial charge in [0.1, 0.15) is 5.75 Å². The fourth-order valence-corrected chi connectivity index (χ4v) is 2.86. The Morgan fingerprint density at radius 3 is 2.29 bits per heavy atom. The number of hydrogen-bond donors (Lipinski definition) is 2. The van der Waals surface area contributed by atoms with Crippen LogP contribution >= 0.6 is 0 Å². The lowest BCUT2D eigenvalue weighted by Crippen LogP contribution is -2.32. The zero-order valence-corrected chi connectivity index (χ0v) is 13.9. The van der Waals surface area contributed by atoms with Crippen LogP contribution in [0.3, 0.4) is 0 Å². The number of phenolic OH excluding ortho intramolecular Hbond substituents is 1. The van der Waals surface area contributed by atoms with Crippen molar-refractivity contribution in [3.63, 3.8) is 0 Å². The summed E-state index contributed by atoms with van der Waals surface area (Å²) in [5.41, 5.74) is 1.67. The number of rotatable bonds is 4. The van der Waals surface area contributed by atoms with E-state index in [1.807, 2.05) is 74.5 Å². The van der Waals surface area contributed by atoms with Crippen molar-refractivity contribution in [2.75, 3.05) is 0 Å². The maximum absolute atomic E-state index is 12.4. The number of phenols is 1. The summed E-state index contributed by atoms with van der Waals surface area (Å²) >= 11 is 0. The van der Waals surface area contributed by atoms with E-state index in [0.717, 1.165) is 21.9 Å². The summed E-state index contributed by atoms with van der Waals surface area (Å²) in [6, 6.07) is 20.8. The van der Waals surface area contributed by atoms with E-state index in [0.29, 0.717) is 0 Å². The molecule has 0 spiro atoms. The Kier molecular flexibility index (Phi) is 4.52. The molecule has 0 aliphatic rings. The van der Waals surface area contributed by atoms with Crippen molar-refractivity contribution in [1.82, 2.24) is 5.32 Å². The van der Waals surface area contributed by atoms with Crippen molar-refractivity contribution >= 4 is 16.7 Å². The third-order valence-corrected chi connectivity index (χ3v) is 4.18. The van der Waals surface area contributed by atoms with Crippen LogP contribution in [0.1, 0.15) is 31.0 Å². The maximum atomic E-state index is 12.4. The monoisotopic (exact) mass is 319 g/mol. The molecule has 2 N–H and O–H groups in total. The Balaban J connectivity index is 2.19. The van der Waals surface area contributed by atoms with Gasteiger partial charge >= 0.3 is 0 Å². The van der Waals surface area contributed by atoms with Gasteiger partial charge < -0.3 is 10.4 Å². The van der Waals surface area contributed by atoms with E-state index >= 15 is 0 Å². The molecule has 122 valence electrons. The SMILES string of the molecule is CC(C)C(=O)NC(c1ccccc1)c1c(O)ccc2ccccc12. The average Bonchev–Trinajstić information content (AvgIpc) is 2.60. The molecule has 1 atom stereocenters. The van der Waals surface area contributed by atoms with Crippen LogP contribution in [0.4, 0.5) is 0 Å². The highest BCUT2D eigenvalue weighted by Gasteiger charge is 2.23. The third-order valence-electron chi connectivity index (χ3n) is 4.18. The molecule has 3 aromatic rings. The molecule has 3 aromatic carbocycles. The molecule has 0 bridgehead atoms. The van der Waals surface area contributed by atoms with Gasteiger partial charge in [0.2, 0.25) is 5.91 Å². The molecular weight excluding hydrogens is 298 g/mol. The van der Waals surface area contributed by atoms with Crippen LogP contribution in [-0.4, -0.2) is 11.0 Å². The topological polar surface area (TPSA) is 49.3 Å². The number of aromatic hydroxyl groups is 1. The van der Waals surface area contributed by atoms with Crippen molar-refractivity contribution < 1.29 is 9.90 Å². The lowest BCUT2D eigenvalue weighted by atomic mass is 9.92. The zero-order valence-electron chi connectivity index (χ0n) is 13.9. The van der Waals surface area contributed by atoms with Gasteiger partial charge in [0.15, 0.2) is 0 Å². The second-order valence-electron chi connectivity index (χ2n) is 6.23. The van der Waals surface area contributed by atoms with Crippen molar-refractivity contribution in [1.29, 1.82) is 0 Å². The molecule has 0 radical (unpaired) electrons. The summed E-state index contributed by atoms with van der Waals surface area (Å²) in [5, 5.41) is 15.6. The van der Waals surface area contributed by atoms with Gasteiger partial charge in [-0.15, -0.1) is 0 Å². The third kappa shape index (κ3) is 3.11. The second kappa shape index (κ2) is 6.75. The Labute approximate surface area is 142 Å². The molecule has 1 unspecified atom stereocenters. The predicted molar refractivity (Wildman–Crippen MR) is 96.9 cm³/mol. The normalized spacial score (nSPS) is 12.3. The van der Waals surface area contributed by atoms with E-state index in [2.05, 4.69) is 5.32 Å². The highest BCUT2D eigenvalue weighted by molar-refractivity contribution is 5.89. The minimum absolute atomic E-state index is 0.0452. The molecule has 0 saturated heterocycles. The average molecular weight is 319 g/mol. The highest BCUT2D eigenvalue weighted by atomic mass is 16.3. The lowest BCUT2D eigenvalue weighted by Gasteiger charge is -2.23. The van der Waals surface area contributed by atoms with Crippen LogP contribution in [0.25, 0.3) is 10.8 Å². The van der Waals surface area contributed by atoms with Gasteiger partial charge in [-0.2, -0.15) is 0 Å². The van der Waals surface area contributed by atoms with Crippen LogP contribution in [0.15, 0.2) is 66.7 Å². The molecule has 3 rings (SSSR count). The zero-order chi connectivity index (χ0) is 17.1. The largest absolute Gasteiger partial charge is 0.508 e. The Bertz CT molecular complexity index is 856. The first-order valence-electron chi connectivity index (χ1n) is 8.14. The van der Waals surface area contributed by atoms with Gasteiger partial charge in [-0.05, 0) is 22.4 Å². The molecule has 24 heavy (non-hydrogen) atoms. The van der Waals surface area contributed by atoms with E-state index in [9.17, 15) is 9.90 Å². The van der Waals surface area contributed by atoms with Crippen molar-refractivity contribution in [3.05, 3.63) is 77.9 Å². The quantitative estimate of drug-likeness (QED) is 0.748. The number of benzene rings is 3. The number of hydrogen-bond acceptors (Lipinski definition) is 2. The molecule has 0 heterocycles. The number of nitrogens with one attached hydrogen (secondary N) is 1. The van der Waals surface area contributed by atoms with Gasteiger partial charge in [0, 0.05) is 11.5 Å². The summed E-state index contributed by atoms with van der Waals surface area (Å²) < 4.78 is 0. The van der Waals surface area contributed by atoms with E-state index in [4.69, 9.17) is 0 Å². The van der Waals surface area contributed by atoms with E-state index in [1.54, 1.807) is 6.07 Å². The first-order valence-corrected chi connectivity index (χ1v) is 8.14. The summed E-state index contributed by atoms with van der Waals surface area (Å²) in [6.45, 7) is 3.72. The van der Waals surface area contributed by atoms with E-state index < -0.39 is 6.04 Å². The molecule has 0 aliphatic heterocycles. The minimum Gasteiger partial charge on any atom is -0.508 e. The maximum Gasteiger partial charge on any atom is 0.223 e. The standard InChI is InChI=1S/C21H21NO2/c1-14(2)21(24)22-20(16-9-4-3-5-10-16)19-17-11-7-6-8-15(17)12-13-18(19)23/h3-14,20,23H,1-2H3,(H,22,24). The molecule has 3 nitrogen and oxygen atoms in total. The summed E-state index contributed by atoms with van der Waals surface area (Å²) in [7, 11) is 0. The number of amides is 1. The molecular formula is C21H21NO2. The summed E-state index contributed by atoms with van der Waals surface area (Å²) in [5.74, 6) is 0.0103. The Hall–Kier alpha value is -2.81. The minimum atomic E-state index is -0.396. The first kappa shape index (κ1) is 16.1. The van der Waals surface area contributed by atoms with Crippen molar-refractivity contribution in [2.45, 2.75) is 19.9 Å². The van der Waals surface area contributed by atoms with Crippen LogP contribution in [0, 0.1) is 5.92 Å². The van der Waals surface area contributed by atoms with Crippen molar-refractivity contribution in [2.24, 2.45) is 5.92 Å². The number of fused-ring (bicyclic) bond motifs is 1. The molecule has 3 heteroatoms. The molecule has 0 fully saturated rings. The molecule has 1 amide bonds. The van der Waals surface area contributed by atoms with Gasteiger partial charge in [-0.3, -0.25) is 4.79 Å². The molecule has 0 aromatic heterocycles. The van der Waals surface area contributed by atoms with Crippen LogP contribution in [0.5, 0.6) is 5.75 Å². The number of carbonyl (C=O) groups excluding carboxylic acids is 1. The fourth-order valence-electron chi connectivity index (χ4n) is 2.86. The molecule has 0 aliphatic carbocycles. The van der Waals surface area contributed by atoms with Crippen molar-refractivity contribution in [3.8, 4) is 5.75 Å². The lowest BCUT2D eigenvalue weighted by molar-refractivity contribution is -0.124. The first-order chi connectivity index (χ1) is 11.6. The highest BCUT2D eigenvalue weighted by Crippen LogP contribution is 2.35. The Morgan fingerprint density at radius 2 is 1.58 bits per heavy atom. The van der Waals surface area contributed by atoms with Gasteiger partial charge in [-0.25, -0.2) is 0 Å². The van der Waals surface area contributed by atoms with Crippen LogP contribution in [-0.2, 0) is 4.79 Å². The predicted octanol–water partition coefficient (Wildman–Crippen LogP) is 4.41. The van der Waals surface area contributed by atoms with Crippen LogP contribution in [0.2, 0.25) is 0 Å². The van der Waals surface area contributed by atoms with Crippen LogP contribution < -0.4 is 5.32 Å². The van der Waals surface area contributed by atoms with Gasteiger partial charge in [0.05, 0.1) is 6.04 Å². The van der Waals surface area contributed by atoms with Gasteiger partial charge in [0.25, 0.3) is 0 Å². The Morgan fingerprint density at radius 1 is 0.917 bits per heavy atom. The van der Waals surface area contributed by atoms with E-state index in [-0.39, 0.29) is 17.6 Å². The second-order valence-corrected chi connectivity index (χ2v) is 6.23. The number of carbonyl (C=O) groups is 1. The smallest absolute Gasteiger partial charge is 0.223 e. The molecule has 0 saturated carbocycles. The summed E-state index contributed by atoms with van der Waals surface area (Å²) in [4.78, 5) is 12.4. The van der Waals surface area contributed by atoms with Gasteiger partial charge in [-0.1, -0.05) is 74.5 Å².